The predicted octanol–water partition coefficient (Wildman–Crippen LogP) is 0.0454. The molecule has 10 heavy (non-hydrogen) atoms. The van der Waals surface area contributed by atoms with Crippen LogP contribution in [0.15, 0.2) is 0 Å². The van der Waals surface area contributed by atoms with E-state index >= 15 is 0 Å². The standard InChI is InChI=1S/C7H15NO2/c1-6(2)8-3-4-10-5-7(8)9/h6-7,9H,3-5H2,1-2H3. The maximum absolute atomic E-state index is 9.34. The van der Waals surface area contributed by atoms with Gasteiger partial charge in [-0.05, 0) is 13.8 Å². The van der Waals surface area contributed by atoms with Crippen molar-refractivity contribution < 1.29 is 9.84 Å². The number of hydrogen-bond donors (Lipinski definition) is 1. The van der Waals surface area contributed by atoms with Crippen LogP contribution in [0.3, 0.4) is 0 Å². The number of aliphatic hydroxyl groups is 1. The molecule has 1 heterocycles. The van der Waals surface area contributed by atoms with Crippen LogP contribution in [0.1, 0.15) is 13.8 Å². The Morgan fingerprint density at radius 1 is 1.60 bits per heavy atom. The number of rotatable bonds is 1. The van der Waals surface area contributed by atoms with Crippen molar-refractivity contribution in [3.8, 4) is 0 Å². The number of hydrogen-bond acceptors (Lipinski definition) is 3. The molecule has 1 unspecified atom stereocenters. The van der Waals surface area contributed by atoms with E-state index in [9.17, 15) is 5.11 Å². The summed E-state index contributed by atoms with van der Waals surface area (Å²) in [6, 6.07) is 0.416. The highest BCUT2D eigenvalue weighted by atomic mass is 16.5. The van der Waals surface area contributed by atoms with Crippen molar-refractivity contribution in [2.24, 2.45) is 0 Å². The average Bonchev–Trinajstić information content (AvgIpc) is 1.88. The first kappa shape index (κ1) is 7.98. The van der Waals surface area contributed by atoms with Gasteiger partial charge in [-0.3, -0.25) is 4.90 Å². The summed E-state index contributed by atoms with van der Waals surface area (Å²) in [5.41, 5.74) is 0. The summed E-state index contributed by atoms with van der Waals surface area (Å²) >= 11 is 0. The molecule has 1 fully saturated rings. The number of ether oxygens (including phenoxy) is 1. The van der Waals surface area contributed by atoms with Gasteiger partial charge in [0.1, 0.15) is 6.23 Å². The van der Waals surface area contributed by atoms with Gasteiger partial charge < -0.3 is 9.84 Å². The molecule has 0 aromatic carbocycles. The largest absolute Gasteiger partial charge is 0.376 e. The molecule has 1 aliphatic heterocycles. The van der Waals surface area contributed by atoms with Crippen LogP contribution in [0.4, 0.5) is 0 Å². The number of aliphatic hydroxyl groups excluding tert-OH is 1. The minimum atomic E-state index is -0.395. The molecule has 1 atom stereocenters. The second-order valence-electron chi connectivity index (χ2n) is 2.89. The molecule has 3 nitrogen and oxygen atoms in total. The van der Waals surface area contributed by atoms with E-state index in [2.05, 4.69) is 13.8 Å². The van der Waals surface area contributed by atoms with Crippen LogP contribution >= 0.6 is 0 Å². The molecule has 60 valence electrons. The summed E-state index contributed by atoms with van der Waals surface area (Å²) in [4.78, 5) is 2.03. The van der Waals surface area contributed by atoms with Crippen LogP contribution in [0.5, 0.6) is 0 Å². The lowest BCUT2D eigenvalue weighted by Crippen LogP contribution is -2.48. The highest BCUT2D eigenvalue weighted by molar-refractivity contribution is 4.69. The van der Waals surface area contributed by atoms with E-state index in [0.29, 0.717) is 12.6 Å². The molecule has 0 amide bonds. The van der Waals surface area contributed by atoms with E-state index in [-0.39, 0.29) is 0 Å². The SMILES string of the molecule is CC(C)N1CCOCC1O. The molecular weight excluding hydrogens is 130 g/mol. The smallest absolute Gasteiger partial charge is 0.131 e. The van der Waals surface area contributed by atoms with Gasteiger partial charge >= 0.3 is 0 Å². The summed E-state index contributed by atoms with van der Waals surface area (Å²) in [6.45, 7) is 6.20. The zero-order valence-electron chi connectivity index (χ0n) is 6.58. The van der Waals surface area contributed by atoms with Gasteiger partial charge in [0.2, 0.25) is 0 Å². The van der Waals surface area contributed by atoms with Gasteiger partial charge in [-0.1, -0.05) is 0 Å². The number of morpholine rings is 1. The van der Waals surface area contributed by atoms with Crippen LogP contribution in [-0.2, 0) is 4.74 Å². The highest BCUT2D eigenvalue weighted by Crippen LogP contribution is 2.07. The van der Waals surface area contributed by atoms with Crippen LogP contribution in [0.25, 0.3) is 0 Å². The molecule has 1 N–H and O–H groups in total. The summed E-state index contributed by atoms with van der Waals surface area (Å²) < 4.78 is 5.07. The third kappa shape index (κ3) is 1.68. The van der Waals surface area contributed by atoms with Crippen LogP contribution < -0.4 is 0 Å². The third-order valence-corrected chi connectivity index (χ3v) is 1.81. The molecule has 0 saturated carbocycles. The zero-order valence-corrected chi connectivity index (χ0v) is 6.58. The van der Waals surface area contributed by atoms with E-state index in [4.69, 9.17) is 4.74 Å². The van der Waals surface area contributed by atoms with Gasteiger partial charge in [0, 0.05) is 12.6 Å². The minimum absolute atomic E-state index is 0.395. The molecule has 0 aromatic rings. The fourth-order valence-corrected chi connectivity index (χ4v) is 1.21. The first-order chi connectivity index (χ1) is 4.72. The monoisotopic (exact) mass is 145 g/mol. The Balaban J connectivity index is 2.40. The van der Waals surface area contributed by atoms with Crippen molar-refractivity contribution in [3.63, 3.8) is 0 Å². The molecule has 0 aromatic heterocycles. The van der Waals surface area contributed by atoms with Gasteiger partial charge in [-0.2, -0.15) is 0 Å². The fraction of sp³-hybridized carbons (Fsp3) is 1.00. The van der Waals surface area contributed by atoms with Crippen LogP contribution in [0.2, 0.25) is 0 Å². The Morgan fingerprint density at radius 3 is 2.70 bits per heavy atom. The summed E-state index contributed by atoms with van der Waals surface area (Å²) in [5, 5.41) is 9.34. The lowest BCUT2D eigenvalue weighted by Gasteiger charge is -2.34. The Labute approximate surface area is 61.6 Å². The van der Waals surface area contributed by atoms with Crippen LogP contribution in [-0.4, -0.2) is 42.0 Å². The predicted molar refractivity (Wildman–Crippen MR) is 38.7 cm³/mol. The van der Waals surface area contributed by atoms with Crippen molar-refractivity contribution in [2.75, 3.05) is 19.8 Å². The fourth-order valence-electron chi connectivity index (χ4n) is 1.21. The molecular formula is C7H15NO2. The molecule has 1 aliphatic rings. The normalized spacial score (nSPS) is 29.4. The quantitative estimate of drug-likeness (QED) is 0.565. The number of nitrogens with zero attached hydrogens (tertiary/aromatic N) is 1. The maximum Gasteiger partial charge on any atom is 0.131 e. The zero-order chi connectivity index (χ0) is 7.56. The topological polar surface area (TPSA) is 32.7 Å². The molecule has 0 spiro atoms. The second kappa shape index (κ2) is 3.32. The van der Waals surface area contributed by atoms with Gasteiger partial charge in [-0.25, -0.2) is 0 Å². The van der Waals surface area contributed by atoms with Gasteiger partial charge in [0.05, 0.1) is 13.2 Å². The van der Waals surface area contributed by atoms with Crippen LogP contribution in [0, 0.1) is 0 Å². The minimum Gasteiger partial charge on any atom is -0.376 e. The van der Waals surface area contributed by atoms with E-state index in [1.807, 2.05) is 4.90 Å². The van der Waals surface area contributed by atoms with Crippen molar-refractivity contribution in [1.29, 1.82) is 0 Å². The molecule has 0 radical (unpaired) electrons. The van der Waals surface area contributed by atoms with Crippen molar-refractivity contribution >= 4 is 0 Å². The average molecular weight is 145 g/mol. The Kier molecular flexibility index (Phi) is 2.65. The van der Waals surface area contributed by atoms with Crippen molar-refractivity contribution in [2.45, 2.75) is 26.1 Å². The third-order valence-electron chi connectivity index (χ3n) is 1.81. The maximum atomic E-state index is 9.34. The van der Waals surface area contributed by atoms with Gasteiger partial charge in [0.15, 0.2) is 0 Å². The molecule has 0 bridgehead atoms. The van der Waals surface area contributed by atoms with E-state index in [1.165, 1.54) is 0 Å². The van der Waals surface area contributed by atoms with E-state index < -0.39 is 6.23 Å². The first-order valence-electron chi connectivity index (χ1n) is 3.73. The molecule has 0 aliphatic carbocycles. The summed E-state index contributed by atoms with van der Waals surface area (Å²) in [5.74, 6) is 0. The first-order valence-corrected chi connectivity index (χ1v) is 3.73. The van der Waals surface area contributed by atoms with E-state index in [1.54, 1.807) is 0 Å². The Bertz CT molecular complexity index is 106. The van der Waals surface area contributed by atoms with Crippen molar-refractivity contribution in [1.82, 2.24) is 4.90 Å². The lowest BCUT2D eigenvalue weighted by atomic mass is 10.3. The molecule has 1 rings (SSSR count). The summed E-state index contributed by atoms with van der Waals surface area (Å²) in [6.07, 6.45) is -0.395. The summed E-state index contributed by atoms with van der Waals surface area (Å²) in [7, 11) is 0. The second-order valence-corrected chi connectivity index (χ2v) is 2.89. The Morgan fingerprint density at radius 2 is 2.30 bits per heavy atom. The molecule has 3 heteroatoms. The lowest BCUT2D eigenvalue weighted by molar-refractivity contribution is -0.117. The van der Waals surface area contributed by atoms with E-state index in [0.717, 1.165) is 13.2 Å². The Hall–Kier alpha value is -0.120. The van der Waals surface area contributed by atoms with Crippen molar-refractivity contribution in [3.05, 3.63) is 0 Å². The van der Waals surface area contributed by atoms with Gasteiger partial charge in [-0.15, -0.1) is 0 Å². The van der Waals surface area contributed by atoms with Gasteiger partial charge in [0.25, 0.3) is 0 Å². The highest BCUT2D eigenvalue weighted by Gasteiger charge is 2.21. The molecule has 1 saturated heterocycles.